The van der Waals surface area contributed by atoms with E-state index in [-0.39, 0.29) is 6.04 Å². The Labute approximate surface area is 107 Å². The Hall–Kier alpha value is -1.88. The summed E-state index contributed by atoms with van der Waals surface area (Å²) in [6, 6.07) is 5.95. The molecule has 2 heterocycles. The van der Waals surface area contributed by atoms with Gasteiger partial charge in [0.15, 0.2) is 5.75 Å². The number of nitrogens with one attached hydrogen (secondary N) is 1. The molecule has 5 nitrogen and oxygen atoms in total. The summed E-state index contributed by atoms with van der Waals surface area (Å²) in [5.41, 5.74) is 2.92. The second-order valence-electron chi connectivity index (χ2n) is 4.15. The van der Waals surface area contributed by atoms with Crippen LogP contribution in [0.3, 0.4) is 0 Å². The summed E-state index contributed by atoms with van der Waals surface area (Å²) in [7, 11) is 5.45. The Bertz CT molecular complexity index is 536. The summed E-state index contributed by atoms with van der Waals surface area (Å²) in [6.45, 7) is 1.98. The Morgan fingerprint density at radius 1 is 1.39 bits per heavy atom. The zero-order valence-corrected chi connectivity index (χ0v) is 11.1. The molecule has 2 aromatic rings. The lowest BCUT2D eigenvalue weighted by molar-refractivity contribution is 0.402. The number of rotatable bonds is 4. The van der Waals surface area contributed by atoms with Crippen molar-refractivity contribution in [3.63, 3.8) is 0 Å². The molecule has 0 amide bonds. The van der Waals surface area contributed by atoms with Crippen molar-refractivity contribution in [3.8, 4) is 5.75 Å². The predicted octanol–water partition coefficient (Wildman–Crippen LogP) is 1.44. The fourth-order valence-corrected chi connectivity index (χ4v) is 2.06. The molecule has 0 saturated carbocycles. The normalized spacial score (nSPS) is 12.4. The van der Waals surface area contributed by atoms with Crippen LogP contribution in [-0.2, 0) is 7.05 Å². The maximum atomic E-state index is 5.35. The molecule has 0 aliphatic rings. The molecular formula is C13H18N4O. The van der Waals surface area contributed by atoms with Crippen LogP contribution in [0, 0.1) is 6.92 Å². The van der Waals surface area contributed by atoms with E-state index < -0.39 is 0 Å². The Morgan fingerprint density at radius 3 is 2.78 bits per heavy atom. The molecule has 0 spiro atoms. The van der Waals surface area contributed by atoms with Gasteiger partial charge in [0.25, 0.3) is 0 Å². The number of nitrogens with zero attached hydrogens (tertiary/aromatic N) is 3. The minimum atomic E-state index is -0.0349. The van der Waals surface area contributed by atoms with E-state index in [1.807, 2.05) is 43.9 Å². The Kier molecular flexibility index (Phi) is 3.62. The third kappa shape index (κ3) is 2.22. The number of hydrogen-bond acceptors (Lipinski definition) is 4. The third-order valence-corrected chi connectivity index (χ3v) is 2.94. The molecule has 0 bridgehead atoms. The van der Waals surface area contributed by atoms with Gasteiger partial charge in [-0.15, -0.1) is 0 Å². The van der Waals surface area contributed by atoms with Crippen LogP contribution in [0.2, 0.25) is 0 Å². The van der Waals surface area contributed by atoms with E-state index in [0.717, 1.165) is 22.8 Å². The molecule has 18 heavy (non-hydrogen) atoms. The van der Waals surface area contributed by atoms with Gasteiger partial charge in [-0.25, -0.2) is 0 Å². The van der Waals surface area contributed by atoms with Crippen molar-refractivity contribution in [2.75, 3.05) is 14.2 Å². The predicted molar refractivity (Wildman–Crippen MR) is 69.6 cm³/mol. The summed E-state index contributed by atoms with van der Waals surface area (Å²) in [4.78, 5) is 4.56. The number of methoxy groups -OCH3 is 1. The van der Waals surface area contributed by atoms with Crippen LogP contribution < -0.4 is 10.1 Å². The first-order valence-corrected chi connectivity index (χ1v) is 5.84. The SMILES string of the molecule is CNC(c1cccc(C)n1)c1c(OC)cnn1C. The Balaban J connectivity index is 2.48. The number of pyridine rings is 1. The maximum absolute atomic E-state index is 5.35. The highest BCUT2D eigenvalue weighted by molar-refractivity contribution is 5.34. The van der Waals surface area contributed by atoms with E-state index in [9.17, 15) is 0 Å². The zero-order chi connectivity index (χ0) is 13.1. The molecule has 0 aromatic carbocycles. The van der Waals surface area contributed by atoms with Crippen molar-refractivity contribution in [3.05, 3.63) is 41.5 Å². The van der Waals surface area contributed by atoms with Crippen LogP contribution in [0.4, 0.5) is 0 Å². The number of hydrogen-bond donors (Lipinski definition) is 1. The highest BCUT2D eigenvalue weighted by Crippen LogP contribution is 2.28. The van der Waals surface area contributed by atoms with Crippen molar-refractivity contribution in [1.82, 2.24) is 20.1 Å². The fraction of sp³-hybridized carbons (Fsp3) is 0.385. The van der Waals surface area contributed by atoms with Gasteiger partial charge < -0.3 is 10.1 Å². The second kappa shape index (κ2) is 5.18. The molecule has 5 heteroatoms. The molecule has 1 atom stereocenters. The molecule has 2 aromatic heterocycles. The van der Waals surface area contributed by atoms with E-state index in [1.165, 1.54) is 0 Å². The highest BCUT2D eigenvalue weighted by Gasteiger charge is 2.22. The van der Waals surface area contributed by atoms with Gasteiger partial charge in [-0.05, 0) is 26.1 Å². The van der Waals surface area contributed by atoms with Crippen LogP contribution >= 0.6 is 0 Å². The quantitative estimate of drug-likeness (QED) is 0.887. The molecule has 1 unspecified atom stereocenters. The van der Waals surface area contributed by atoms with Gasteiger partial charge in [0, 0.05) is 12.7 Å². The van der Waals surface area contributed by atoms with Crippen molar-refractivity contribution < 1.29 is 4.74 Å². The lowest BCUT2D eigenvalue weighted by atomic mass is 10.1. The zero-order valence-electron chi connectivity index (χ0n) is 11.1. The summed E-state index contributed by atoms with van der Waals surface area (Å²) < 4.78 is 7.16. The van der Waals surface area contributed by atoms with Gasteiger partial charge in [0.1, 0.15) is 5.69 Å². The monoisotopic (exact) mass is 246 g/mol. The average molecular weight is 246 g/mol. The molecular weight excluding hydrogens is 228 g/mol. The van der Waals surface area contributed by atoms with Crippen molar-refractivity contribution in [2.24, 2.45) is 7.05 Å². The molecule has 2 rings (SSSR count). The van der Waals surface area contributed by atoms with Crippen LogP contribution in [0.25, 0.3) is 0 Å². The smallest absolute Gasteiger partial charge is 0.161 e. The van der Waals surface area contributed by atoms with Gasteiger partial charge in [0.05, 0.1) is 25.0 Å². The van der Waals surface area contributed by atoms with Crippen molar-refractivity contribution in [1.29, 1.82) is 0 Å². The molecule has 0 saturated heterocycles. The third-order valence-electron chi connectivity index (χ3n) is 2.94. The van der Waals surface area contributed by atoms with Crippen molar-refractivity contribution >= 4 is 0 Å². The van der Waals surface area contributed by atoms with Crippen LogP contribution in [0.5, 0.6) is 5.75 Å². The molecule has 96 valence electrons. The highest BCUT2D eigenvalue weighted by atomic mass is 16.5. The summed E-state index contributed by atoms with van der Waals surface area (Å²) >= 11 is 0. The largest absolute Gasteiger partial charge is 0.493 e. The summed E-state index contributed by atoms with van der Waals surface area (Å²) in [6.07, 6.45) is 1.72. The first-order chi connectivity index (χ1) is 8.67. The van der Waals surface area contributed by atoms with Gasteiger partial charge in [-0.1, -0.05) is 6.07 Å². The molecule has 1 N–H and O–H groups in total. The van der Waals surface area contributed by atoms with E-state index in [2.05, 4.69) is 15.4 Å². The van der Waals surface area contributed by atoms with Gasteiger partial charge in [0.2, 0.25) is 0 Å². The van der Waals surface area contributed by atoms with Crippen LogP contribution in [-0.4, -0.2) is 28.9 Å². The standard InChI is InChI=1S/C13H18N4O/c1-9-6-5-7-10(16-9)12(14-2)13-11(18-4)8-15-17(13)3/h5-8,12,14H,1-4H3. The number of aryl methyl sites for hydroxylation is 2. The molecule has 0 radical (unpaired) electrons. The van der Waals surface area contributed by atoms with Gasteiger partial charge in [-0.2, -0.15) is 5.10 Å². The first kappa shape index (κ1) is 12.6. The average Bonchev–Trinajstić information content (AvgIpc) is 2.72. The maximum Gasteiger partial charge on any atom is 0.161 e. The van der Waals surface area contributed by atoms with Crippen LogP contribution in [0.15, 0.2) is 24.4 Å². The molecule has 0 aliphatic heterocycles. The summed E-state index contributed by atoms with van der Waals surface area (Å²) in [5, 5.41) is 7.49. The first-order valence-electron chi connectivity index (χ1n) is 5.84. The Morgan fingerprint density at radius 2 is 2.17 bits per heavy atom. The molecule has 0 fully saturated rings. The van der Waals surface area contributed by atoms with Crippen LogP contribution in [0.1, 0.15) is 23.1 Å². The summed E-state index contributed by atoms with van der Waals surface area (Å²) in [5.74, 6) is 0.764. The minimum absolute atomic E-state index is 0.0349. The fourth-order valence-electron chi connectivity index (χ4n) is 2.06. The van der Waals surface area contributed by atoms with E-state index >= 15 is 0 Å². The van der Waals surface area contributed by atoms with E-state index in [4.69, 9.17) is 4.74 Å². The van der Waals surface area contributed by atoms with Gasteiger partial charge in [-0.3, -0.25) is 9.67 Å². The van der Waals surface area contributed by atoms with E-state index in [1.54, 1.807) is 13.3 Å². The topological polar surface area (TPSA) is 52.0 Å². The second-order valence-corrected chi connectivity index (χ2v) is 4.15. The van der Waals surface area contributed by atoms with Gasteiger partial charge >= 0.3 is 0 Å². The lowest BCUT2D eigenvalue weighted by Gasteiger charge is -2.17. The molecule has 0 aliphatic carbocycles. The lowest BCUT2D eigenvalue weighted by Crippen LogP contribution is -2.22. The van der Waals surface area contributed by atoms with Crippen molar-refractivity contribution in [2.45, 2.75) is 13.0 Å². The number of aromatic nitrogens is 3. The number of ether oxygens (including phenoxy) is 1. The van der Waals surface area contributed by atoms with E-state index in [0.29, 0.717) is 0 Å². The minimum Gasteiger partial charge on any atom is -0.493 e.